The van der Waals surface area contributed by atoms with Gasteiger partial charge in [-0.1, -0.05) is 0 Å². The van der Waals surface area contributed by atoms with Crippen LogP contribution in [0.15, 0.2) is 0 Å². The van der Waals surface area contributed by atoms with E-state index in [-0.39, 0.29) is 10.6 Å². The molecule has 0 aliphatic rings. The lowest BCUT2D eigenvalue weighted by molar-refractivity contribution is 0.375. The van der Waals surface area contributed by atoms with Crippen LogP contribution in [-0.2, 0) is 7.05 Å². The highest BCUT2D eigenvalue weighted by Gasteiger charge is 2.28. The molecule has 2 rings (SSSR count). The van der Waals surface area contributed by atoms with E-state index in [1.165, 1.54) is 14.0 Å². The van der Waals surface area contributed by atoms with E-state index in [1.807, 2.05) is 0 Å². The second kappa shape index (κ2) is 4.41. The summed E-state index contributed by atoms with van der Waals surface area (Å²) in [6, 6.07) is 0. The molecular formula is C10H6F5N3S. The summed E-state index contributed by atoms with van der Waals surface area (Å²) in [5, 5.41) is 3.75. The number of aromatic nitrogens is 3. The van der Waals surface area contributed by atoms with Crippen LogP contribution in [0.5, 0.6) is 0 Å². The van der Waals surface area contributed by atoms with Crippen LogP contribution in [-0.4, -0.2) is 14.3 Å². The van der Waals surface area contributed by atoms with Gasteiger partial charge in [-0.2, -0.15) is 5.10 Å². The largest absolute Gasteiger partial charge is 0.266 e. The minimum absolute atomic E-state index is 0.00397. The van der Waals surface area contributed by atoms with Crippen molar-refractivity contribution >= 4 is 12.2 Å². The first-order valence-electron chi connectivity index (χ1n) is 4.91. The maximum atomic E-state index is 13.6. The molecular weight excluding hydrogens is 289 g/mol. The van der Waals surface area contributed by atoms with Gasteiger partial charge in [0.05, 0.1) is 0 Å². The molecule has 0 spiro atoms. The van der Waals surface area contributed by atoms with E-state index >= 15 is 0 Å². The zero-order chi connectivity index (χ0) is 14.5. The van der Waals surface area contributed by atoms with Gasteiger partial charge in [-0.25, -0.2) is 26.6 Å². The lowest BCUT2D eigenvalue weighted by atomic mass is 10.2. The average molecular weight is 295 g/mol. The van der Waals surface area contributed by atoms with Crippen LogP contribution in [0, 0.1) is 40.8 Å². The molecule has 0 bridgehead atoms. The summed E-state index contributed by atoms with van der Waals surface area (Å²) in [7, 11) is 1.39. The Kier molecular flexibility index (Phi) is 3.17. The number of nitrogens with zero attached hydrogens (tertiary/aromatic N) is 3. The van der Waals surface area contributed by atoms with Gasteiger partial charge in [-0.15, -0.1) is 0 Å². The Labute approximate surface area is 108 Å². The molecule has 3 nitrogen and oxygen atoms in total. The third-order valence-corrected chi connectivity index (χ3v) is 2.94. The monoisotopic (exact) mass is 295 g/mol. The maximum Gasteiger partial charge on any atom is 0.202 e. The molecule has 1 heterocycles. The third kappa shape index (κ3) is 1.84. The standard InChI is InChI=1S/C10H6F5N3S/c1-3-16-17(2)10(19)18(3)9-7(14)5(12)4(11)6(13)8(9)15/h1-2H3. The predicted octanol–water partition coefficient (Wildman–Crippen LogP) is 2.94. The van der Waals surface area contributed by atoms with Crippen LogP contribution in [0.3, 0.4) is 0 Å². The minimum atomic E-state index is -2.22. The van der Waals surface area contributed by atoms with Crippen molar-refractivity contribution in [3.63, 3.8) is 0 Å². The molecule has 0 amide bonds. The Hall–Kier alpha value is -1.77. The molecule has 0 atom stereocenters. The normalized spacial score (nSPS) is 11.1. The Balaban J connectivity index is 2.95. The Morgan fingerprint density at radius 3 is 1.68 bits per heavy atom. The van der Waals surface area contributed by atoms with E-state index in [4.69, 9.17) is 12.2 Å². The molecule has 102 valence electrons. The van der Waals surface area contributed by atoms with Gasteiger partial charge in [0.1, 0.15) is 11.5 Å². The first kappa shape index (κ1) is 13.7. The van der Waals surface area contributed by atoms with E-state index in [2.05, 4.69) is 5.10 Å². The Bertz CT molecular complexity index is 705. The van der Waals surface area contributed by atoms with E-state index in [0.29, 0.717) is 4.57 Å². The van der Waals surface area contributed by atoms with Gasteiger partial charge < -0.3 is 0 Å². The van der Waals surface area contributed by atoms with Gasteiger partial charge in [-0.05, 0) is 19.1 Å². The van der Waals surface area contributed by atoms with Crippen molar-refractivity contribution in [1.82, 2.24) is 14.3 Å². The third-order valence-electron chi connectivity index (χ3n) is 2.50. The van der Waals surface area contributed by atoms with Gasteiger partial charge in [0, 0.05) is 7.05 Å². The summed E-state index contributed by atoms with van der Waals surface area (Å²) in [4.78, 5) is 0. The predicted molar refractivity (Wildman–Crippen MR) is 57.9 cm³/mol. The van der Waals surface area contributed by atoms with Crippen molar-refractivity contribution in [3.05, 3.63) is 39.7 Å². The van der Waals surface area contributed by atoms with Crippen LogP contribution in [0.2, 0.25) is 0 Å². The zero-order valence-corrected chi connectivity index (χ0v) is 10.5. The molecule has 0 saturated heterocycles. The second-order valence-corrected chi connectivity index (χ2v) is 4.07. The molecule has 0 radical (unpaired) electrons. The first-order valence-corrected chi connectivity index (χ1v) is 5.32. The average Bonchev–Trinajstić information content (AvgIpc) is 2.61. The number of benzene rings is 1. The quantitative estimate of drug-likeness (QED) is 0.349. The van der Waals surface area contributed by atoms with Crippen LogP contribution in [0.1, 0.15) is 5.82 Å². The number of aryl methyl sites for hydroxylation is 2. The molecule has 0 N–H and O–H groups in total. The van der Waals surface area contributed by atoms with Crippen molar-refractivity contribution in [1.29, 1.82) is 0 Å². The Morgan fingerprint density at radius 1 is 0.895 bits per heavy atom. The van der Waals surface area contributed by atoms with Gasteiger partial charge in [0.25, 0.3) is 0 Å². The topological polar surface area (TPSA) is 22.8 Å². The molecule has 0 unspecified atom stereocenters. The molecule has 1 aromatic heterocycles. The minimum Gasteiger partial charge on any atom is -0.266 e. The summed E-state index contributed by atoms with van der Waals surface area (Å²) in [6.45, 7) is 1.33. The highest BCUT2D eigenvalue weighted by Crippen LogP contribution is 2.27. The zero-order valence-electron chi connectivity index (χ0n) is 9.64. The van der Waals surface area contributed by atoms with Crippen molar-refractivity contribution in [2.45, 2.75) is 6.92 Å². The Morgan fingerprint density at radius 2 is 1.32 bits per heavy atom. The van der Waals surface area contributed by atoms with Crippen LogP contribution >= 0.6 is 12.2 Å². The van der Waals surface area contributed by atoms with Crippen LogP contribution in [0.4, 0.5) is 22.0 Å². The summed E-state index contributed by atoms with van der Waals surface area (Å²) in [5.41, 5.74) is -1.13. The van der Waals surface area contributed by atoms with E-state index < -0.39 is 34.8 Å². The second-order valence-electron chi connectivity index (χ2n) is 3.71. The lowest BCUT2D eigenvalue weighted by Crippen LogP contribution is -2.11. The summed E-state index contributed by atoms with van der Waals surface area (Å²) in [6.07, 6.45) is 0. The maximum absolute atomic E-state index is 13.6. The van der Waals surface area contributed by atoms with Gasteiger partial charge in [0.2, 0.25) is 10.6 Å². The van der Waals surface area contributed by atoms with E-state index in [1.54, 1.807) is 0 Å². The van der Waals surface area contributed by atoms with E-state index in [0.717, 1.165) is 4.68 Å². The van der Waals surface area contributed by atoms with Crippen molar-refractivity contribution < 1.29 is 22.0 Å². The fourth-order valence-corrected chi connectivity index (χ4v) is 1.90. The lowest BCUT2D eigenvalue weighted by Gasteiger charge is -2.09. The molecule has 0 fully saturated rings. The molecule has 19 heavy (non-hydrogen) atoms. The highest BCUT2D eigenvalue weighted by atomic mass is 32.1. The summed E-state index contributed by atoms with van der Waals surface area (Å²) in [5.74, 6) is -10.2. The van der Waals surface area contributed by atoms with Crippen LogP contribution in [0.25, 0.3) is 5.69 Å². The molecule has 9 heteroatoms. The van der Waals surface area contributed by atoms with Gasteiger partial charge >= 0.3 is 0 Å². The van der Waals surface area contributed by atoms with Crippen molar-refractivity contribution in [3.8, 4) is 5.69 Å². The first-order chi connectivity index (χ1) is 8.77. The molecule has 2 aromatic rings. The smallest absolute Gasteiger partial charge is 0.202 e. The van der Waals surface area contributed by atoms with Crippen molar-refractivity contribution in [2.24, 2.45) is 7.05 Å². The summed E-state index contributed by atoms with van der Waals surface area (Å²) < 4.78 is 68.0. The molecule has 0 aliphatic heterocycles. The molecule has 0 saturated carbocycles. The fraction of sp³-hybridized carbons (Fsp3) is 0.200. The van der Waals surface area contributed by atoms with Gasteiger partial charge in [-0.3, -0.25) is 4.57 Å². The SMILES string of the molecule is Cc1nn(C)c(=S)n1-c1c(F)c(F)c(F)c(F)c1F. The van der Waals surface area contributed by atoms with E-state index in [9.17, 15) is 22.0 Å². The number of halogens is 5. The molecule has 1 aromatic carbocycles. The van der Waals surface area contributed by atoms with Gasteiger partial charge in [0.15, 0.2) is 23.3 Å². The molecule has 0 aliphatic carbocycles. The highest BCUT2D eigenvalue weighted by molar-refractivity contribution is 7.71. The summed E-state index contributed by atoms with van der Waals surface area (Å²) >= 11 is 4.83. The number of hydrogen-bond donors (Lipinski definition) is 0. The van der Waals surface area contributed by atoms with Crippen LogP contribution < -0.4 is 0 Å². The number of hydrogen-bond acceptors (Lipinski definition) is 2. The van der Waals surface area contributed by atoms with Crippen molar-refractivity contribution in [2.75, 3.05) is 0 Å². The fourth-order valence-electron chi connectivity index (χ4n) is 1.63. The number of rotatable bonds is 1.